The van der Waals surface area contributed by atoms with Crippen LogP contribution in [0.3, 0.4) is 0 Å². The predicted molar refractivity (Wildman–Crippen MR) is 103 cm³/mol. The molecule has 136 valence electrons. The largest absolute Gasteiger partial charge is 0.490 e. The lowest BCUT2D eigenvalue weighted by Gasteiger charge is -2.32. The molecule has 1 aromatic carbocycles. The first-order valence-corrected chi connectivity index (χ1v) is 9.24. The summed E-state index contributed by atoms with van der Waals surface area (Å²) in [6.07, 6.45) is 4.57. The first kappa shape index (κ1) is 18.5. The number of rotatable bonds is 4. The maximum Gasteiger partial charge on any atom is 0.487 e. The molecule has 2 heterocycles. The minimum atomic E-state index is -0.305. The SMILES string of the molecule is CN1CCC(Oc2ccc(/C=C/B3OC(C)(C)C(C)(C)O3)cc2)CC1. The van der Waals surface area contributed by atoms with Gasteiger partial charge in [0.05, 0.1) is 11.2 Å². The van der Waals surface area contributed by atoms with Crippen molar-refractivity contribution in [3.63, 3.8) is 0 Å². The molecule has 0 bridgehead atoms. The van der Waals surface area contributed by atoms with Crippen LogP contribution < -0.4 is 4.74 Å². The molecule has 0 N–H and O–H groups in total. The number of hydrogen-bond donors (Lipinski definition) is 0. The zero-order chi connectivity index (χ0) is 18.1. The quantitative estimate of drug-likeness (QED) is 0.778. The van der Waals surface area contributed by atoms with Crippen LogP contribution in [0.1, 0.15) is 46.1 Å². The summed E-state index contributed by atoms with van der Waals surface area (Å²) in [4.78, 5) is 2.35. The minimum Gasteiger partial charge on any atom is -0.490 e. The van der Waals surface area contributed by atoms with E-state index in [1.54, 1.807) is 0 Å². The van der Waals surface area contributed by atoms with Gasteiger partial charge in [0, 0.05) is 13.1 Å². The van der Waals surface area contributed by atoms with Gasteiger partial charge >= 0.3 is 7.12 Å². The van der Waals surface area contributed by atoms with Gasteiger partial charge in [-0.1, -0.05) is 24.2 Å². The summed E-state index contributed by atoms with van der Waals surface area (Å²) in [7, 11) is 1.86. The maximum absolute atomic E-state index is 6.09. The highest BCUT2D eigenvalue weighted by atomic mass is 16.7. The van der Waals surface area contributed by atoms with Crippen molar-refractivity contribution in [2.24, 2.45) is 0 Å². The normalized spacial score (nSPS) is 24.1. The van der Waals surface area contributed by atoms with E-state index in [9.17, 15) is 0 Å². The highest BCUT2D eigenvalue weighted by molar-refractivity contribution is 6.52. The summed E-state index contributed by atoms with van der Waals surface area (Å²) < 4.78 is 18.1. The summed E-state index contributed by atoms with van der Waals surface area (Å²) in [6, 6.07) is 8.24. The van der Waals surface area contributed by atoms with Crippen molar-refractivity contribution in [1.29, 1.82) is 0 Å². The Morgan fingerprint density at radius 1 is 1.04 bits per heavy atom. The topological polar surface area (TPSA) is 30.9 Å². The van der Waals surface area contributed by atoms with E-state index < -0.39 is 0 Å². The second-order valence-corrected chi connectivity index (χ2v) is 8.17. The van der Waals surface area contributed by atoms with Crippen LogP contribution in [0.4, 0.5) is 0 Å². The molecule has 3 rings (SSSR count). The van der Waals surface area contributed by atoms with Gasteiger partial charge in [-0.2, -0.15) is 0 Å². The van der Waals surface area contributed by atoms with Gasteiger partial charge in [0.15, 0.2) is 0 Å². The van der Waals surface area contributed by atoms with Gasteiger partial charge in [-0.15, -0.1) is 0 Å². The zero-order valence-corrected chi connectivity index (χ0v) is 16.1. The van der Waals surface area contributed by atoms with E-state index in [2.05, 4.69) is 51.8 Å². The molecule has 0 spiro atoms. The number of piperidine rings is 1. The Hall–Kier alpha value is -1.30. The second kappa shape index (κ2) is 7.14. The second-order valence-electron chi connectivity index (χ2n) is 8.17. The van der Waals surface area contributed by atoms with Crippen molar-refractivity contribution in [2.75, 3.05) is 20.1 Å². The summed E-state index contributed by atoms with van der Waals surface area (Å²) >= 11 is 0. The molecule has 25 heavy (non-hydrogen) atoms. The Morgan fingerprint density at radius 3 is 2.16 bits per heavy atom. The van der Waals surface area contributed by atoms with Crippen molar-refractivity contribution in [3.8, 4) is 5.75 Å². The van der Waals surface area contributed by atoms with Gasteiger partial charge in [-0.3, -0.25) is 0 Å². The fourth-order valence-corrected chi connectivity index (χ4v) is 3.11. The molecule has 2 aliphatic rings. The summed E-state index contributed by atoms with van der Waals surface area (Å²) in [5, 5.41) is 0. The molecule has 2 aliphatic heterocycles. The van der Waals surface area contributed by atoms with Gasteiger partial charge in [0.25, 0.3) is 0 Å². The van der Waals surface area contributed by atoms with Gasteiger partial charge in [0.2, 0.25) is 0 Å². The third kappa shape index (κ3) is 4.46. The molecule has 0 aromatic heterocycles. The Bertz CT molecular complexity index is 588. The van der Waals surface area contributed by atoms with Crippen LogP contribution >= 0.6 is 0 Å². The molecule has 5 heteroatoms. The van der Waals surface area contributed by atoms with Crippen LogP contribution in [0.15, 0.2) is 30.2 Å². The molecule has 0 radical (unpaired) electrons. The first-order valence-electron chi connectivity index (χ1n) is 9.24. The van der Waals surface area contributed by atoms with E-state index in [-0.39, 0.29) is 18.3 Å². The fourth-order valence-electron chi connectivity index (χ4n) is 3.11. The molecule has 0 unspecified atom stereocenters. The highest BCUT2D eigenvalue weighted by Crippen LogP contribution is 2.37. The summed E-state index contributed by atoms with van der Waals surface area (Å²) in [5.41, 5.74) is 0.520. The van der Waals surface area contributed by atoms with Crippen molar-refractivity contribution in [1.82, 2.24) is 4.90 Å². The van der Waals surface area contributed by atoms with Gasteiger partial charge in [0.1, 0.15) is 11.9 Å². The van der Waals surface area contributed by atoms with Crippen LogP contribution in [-0.2, 0) is 9.31 Å². The first-order chi connectivity index (χ1) is 11.7. The Morgan fingerprint density at radius 2 is 1.60 bits per heavy atom. The molecule has 1 aromatic rings. The van der Waals surface area contributed by atoms with Crippen LogP contribution in [0, 0.1) is 0 Å². The van der Waals surface area contributed by atoms with Gasteiger partial charge in [-0.25, -0.2) is 0 Å². The average molecular weight is 343 g/mol. The minimum absolute atomic E-state index is 0.298. The van der Waals surface area contributed by atoms with Crippen LogP contribution in [-0.4, -0.2) is 49.5 Å². The molecular weight excluding hydrogens is 313 g/mol. The van der Waals surface area contributed by atoms with E-state index in [0.29, 0.717) is 6.10 Å². The number of likely N-dealkylation sites (tertiary alicyclic amines) is 1. The van der Waals surface area contributed by atoms with Crippen LogP contribution in [0.25, 0.3) is 6.08 Å². The van der Waals surface area contributed by atoms with Gasteiger partial charge < -0.3 is 18.9 Å². The zero-order valence-electron chi connectivity index (χ0n) is 16.1. The molecule has 2 saturated heterocycles. The smallest absolute Gasteiger partial charge is 0.487 e. The molecular formula is C20H30BNO3. The third-order valence-electron chi connectivity index (χ3n) is 5.57. The average Bonchev–Trinajstić information content (AvgIpc) is 2.76. The van der Waals surface area contributed by atoms with Crippen LogP contribution in [0.2, 0.25) is 0 Å². The molecule has 0 atom stereocenters. The van der Waals surface area contributed by atoms with Crippen molar-refractivity contribution < 1.29 is 14.0 Å². The molecule has 0 aliphatic carbocycles. The number of benzene rings is 1. The molecule has 0 saturated carbocycles. The fraction of sp³-hybridized carbons (Fsp3) is 0.600. The number of nitrogens with zero attached hydrogens (tertiary/aromatic N) is 1. The third-order valence-corrected chi connectivity index (χ3v) is 5.57. The van der Waals surface area contributed by atoms with E-state index in [4.69, 9.17) is 14.0 Å². The monoisotopic (exact) mass is 343 g/mol. The lowest BCUT2D eigenvalue weighted by atomic mass is 9.89. The lowest BCUT2D eigenvalue weighted by molar-refractivity contribution is 0.00578. The van der Waals surface area contributed by atoms with E-state index >= 15 is 0 Å². The van der Waals surface area contributed by atoms with Crippen LogP contribution in [0.5, 0.6) is 5.75 Å². The van der Waals surface area contributed by atoms with Crippen molar-refractivity contribution >= 4 is 13.2 Å². The van der Waals surface area contributed by atoms with Crippen molar-refractivity contribution in [2.45, 2.75) is 57.8 Å². The van der Waals surface area contributed by atoms with E-state index in [1.807, 2.05) is 24.2 Å². The molecule has 4 nitrogen and oxygen atoms in total. The van der Waals surface area contributed by atoms with Crippen molar-refractivity contribution in [3.05, 3.63) is 35.8 Å². The predicted octanol–water partition coefficient (Wildman–Crippen LogP) is 3.80. The lowest BCUT2D eigenvalue weighted by Crippen LogP contribution is -2.41. The molecule has 2 fully saturated rings. The molecule has 0 amide bonds. The Kier molecular flexibility index (Phi) is 5.28. The highest BCUT2D eigenvalue weighted by Gasteiger charge is 2.49. The van der Waals surface area contributed by atoms with E-state index in [1.165, 1.54) is 0 Å². The number of hydrogen-bond acceptors (Lipinski definition) is 4. The summed E-state index contributed by atoms with van der Waals surface area (Å²) in [6.45, 7) is 10.5. The standard InChI is InChI=1S/C20H30BNO3/c1-19(2)20(3,4)25-21(24-19)13-10-16-6-8-17(9-7-16)23-18-11-14-22(5)15-12-18/h6-10,13,18H,11-12,14-15H2,1-5H3/b13-10+. The number of ether oxygens (including phenoxy) is 1. The van der Waals surface area contributed by atoms with E-state index in [0.717, 1.165) is 37.2 Å². The maximum atomic E-state index is 6.09. The summed E-state index contributed by atoms with van der Waals surface area (Å²) in [5.74, 6) is 2.92. The Labute approximate surface area is 152 Å². The Balaban J connectivity index is 1.54. The van der Waals surface area contributed by atoms with Gasteiger partial charge in [-0.05, 0) is 65.3 Å².